The van der Waals surface area contributed by atoms with Crippen molar-refractivity contribution in [3.05, 3.63) is 35.1 Å². The van der Waals surface area contributed by atoms with Crippen LogP contribution in [0.15, 0.2) is 18.2 Å². The van der Waals surface area contributed by atoms with Crippen LogP contribution in [-0.2, 0) is 6.54 Å². The van der Waals surface area contributed by atoms with Gasteiger partial charge in [-0.25, -0.2) is 4.39 Å². The third kappa shape index (κ3) is 3.52. The van der Waals surface area contributed by atoms with E-state index in [1.54, 1.807) is 6.07 Å². The Morgan fingerprint density at radius 1 is 1.47 bits per heavy atom. The van der Waals surface area contributed by atoms with Crippen LogP contribution < -0.4 is 5.32 Å². The zero-order chi connectivity index (χ0) is 13.7. The smallest absolute Gasteiger partial charge is 0.124 e. The van der Waals surface area contributed by atoms with E-state index in [1.807, 2.05) is 7.05 Å². The molecule has 0 saturated carbocycles. The summed E-state index contributed by atoms with van der Waals surface area (Å²) in [4.78, 5) is 2.40. The molecule has 0 aliphatic carbocycles. The minimum absolute atomic E-state index is 0.342. The fourth-order valence-corrected chi connectivity index (χ4v) is 2.74. The van der Waals surface area contributed by atoms with Gasteiger partial charge in [0.2, 0.25) is 0 Å². The Kier molecular flexibility index (Phi) is 4.89. The molecule has 0 aromatic heterocycles. The van der Waals surface area contributed by atoms with Crippen molar-refractivity contribution in [2.45, 2.75) is 31.8 Å². The van der Waals surface area contributed by atoms with Gasteiger partial charge >= 0.3 is 0 Å². The van der Waals surface area contributed by atoms with Gasteiger partial charge in [0.1, 0.15) is 5.82 Å². The van der Waals surface area contributed by atoms with Crippen molar-refractivity contribution >= 4 is 0 Å². The number of benzene rings is 1. The molecule has 1 aliphatic heterocycles. The minimum atomic E-state index is -0.342. The van der Waals surface area contributed by atoms with Gasteiger partial charge in [0.05, 0.1) is 11.6 Å². The Labute approximate surface area is 114 Å². The molecule has 1 aliphatic rings. The molecule has 1 aromatic carbocycles. The zero-order valence-corrected chi connectivity index (χ0v) is 11.3. The lowest BCUT2D eigenvalue weighted by Gasteiger charge is -2.35. The molecule has 0 bridgehead atoms. The van der Waals surface area contributed by atoms with Gasteiger partial charge < -0.3 is 5.32 Å². The summed E-state index contributed by atoms with van der Waals surface area (Å²) >= 11 is 0. The molecule has 1 fully saturated rings. The molecule has 19 heavy (non-hydrogen) atoms. The maximum Gasteiger partial charge on any atom is 0.124 e. The molecule has 1 N–H and O–H groups in total. The van der Waals surface area contributed by atoms with Crippen LogP contribution in [0.1, 0.15) is 30.4 Å². The number of hydrogen-bond donors (Lipinski definition) is 1. The molecule has 1 atom stereocenters. The predicted molar refractivity (Wildman–Crippen MR) is 73.1 cm³/mol. The predicted octanol–water partition coefficient (Wildman–Crippen LogP) is 2.27. The Bertz CT molecular complexity index is 465. The fourth-order valence-electron chi connectivity index (χ4n) is 2.74. The molecule has 0 radical (unpaired) electrons. The first-order valence-corrected chi connectivity index (χ1v) is 6.81. The minimum Gasteiger partial charge on any atom is -0.318 e. The van der Waals surface area contributed by atoms with Crippen LogP contribution in [0.2, 0.25) is 0 Å². The summed E-state index contributed by atoms with van der Waals surface area (Å²) in [6, 6.07) is 7.10. The molecule has 1 unspecified atom stereocenters. The normalized spacial score (nSPS) is 20.2. The van der Waals surface area contributed by atoms with E-state index < -0.39 is 0 Å². The van der Waals surface area contributed by atoms with Crippen molar-refractivity contribution in [1.29, 1.82) is 5.26 Å². The molecule has 4 heteroatoms. The first kappa shape index (κ1) is 14.0. The van der Waals surface area contributed by atoms with E-state index >= 15 is 0 Å². The van der Waals surface area contributed by atoms with Crippen LogP contribution in [-0.4, -0.2) is 31.1 Å². The number of nitrogens with zero attached hydrogens (tertiary/aromatic N) is 2. The molecular weight excluding hydrogens is 241 g/mol. The van der Waals surface area contributed by atoms with E-state index in [-0.39, 0.29) is 5.82 Å². The highest BCUT2D eigenvalue weighted by Gasteiger charge is 2.22. The number of piperidine rings is 1. The highest BCUT2D eigenvalue weighted by Crippen LogP contribution is 2.21. The summed E-state index contributed by atoms with van der Waals surface area (Å²) in [7, 11) is 1.96. The highest BCUT2D eigenvalue weighted by atomic mass is 19.1. The van der Waals surface area contributed by atoms with E-state index in [4.69, 9.17) is 5.26 Å². The van der Waals surface area contributed by atoms with Gasteiger partial charge in [0, 0.05) is 19.1 Å². The van der Waals surface area contributed by atoms with E-state index in [2.05, 4.69) is 16.3 Å². The number of nitriles is 1. The van der Waals surface area contributed by atoms with Gasteiger partial charge in [-0.3, -0.25) is 4.90 Å². The molecular formula is C15H20FN3. The highest BCUT2D eigenvalue weighted by molar-refractivity contribution is 5.37. The number of hydrogen-bond acceptors (Lipinski definition) is 3. The fraction of sp³-hybridized carbons (Fsp3) is 0.533. The number of likely N-dealkylation sites (tertiary alicyclic amines) is 1. The molecule has 1 aromatic rings. The maximum atomic E-state index is 13.1. The van der Waals surface area contributed by atoms with Crippen LogP contribution in [0.4, 0.5) is 4.39 Å². The summed E-state index contributed by atoms with van der Waals surface area (Å²) in [5, 5.41) is 12.3. The van der Waals surface area contributed by atoms with Gasteiger partial charge in [-0.15, -0.1) is 0 Å². The van der Waals surface area contributed by atoms with Crippen molar-refractivity contribution in [3.8, 4) is 6.07 Å². The second kappa shape index (κ2) is 6.65. The van der Waals surface area contributed by atoms with Crippen LogP contribution in [0.3, 0.4) is 0 Å². The van der Waals surface area contributed by atoms with Crippen molar-refractivity contribution in [2.24, 2.45) is 0 Å². The Morgan fingerprint density at radius 2 is 2.32 bits per heavy atom. The standard InChI is InChI=1S/C15H20FN3/c1-18-10-15-4-2-3-7-19(15)11-12-5-6-14(16)8-13(12)9-17/h5-6,8,15,18H,2-4,7,10-11H2,1H3. The van der Waals surface area contributed by atoms with Crippen molar-refractivity contribution in [2.75, 3.05) is 20.1 Å². The quantitative estimate of drug-likeness (QED) is 0.903. The topological polar surface area (TPSA) is 39.1 Å². The average molecular weight is 261 g/mol. The molecule has 102 valence electrons. The second-order valence-electron chi connectivity index (χ2n) is 5.09. The first-order valence-electron chi connectivity index (χ1n) is 6.81. The van der Waals surface area contributed by atoms with Crippen LogP contribution in [0, 0.1) is 17.1 Å². The summed E-state index contributed by atoms with van der Waals surface area (Å²) in [5.74, 6) is -0.342. The number of rotatable bonds is 4. The van der Waals surface area contributed by atoms with Crippen molar-refractivity contribution in [1.82, 2.24) is 10.2 Å². The third-order valence-corrected chi connectivity index (χ3v) is 3.75. The maximum absolute atomic E-state index is 13.1. The number of nitrogens with one attached hydrogen (secondary N) is 1. The molecule has 3 nitrogen and oxygen atoms in total. The summed E-state index contributed by atoms with van der Waals surface area (Å²) in [5.41, 5.74) is 1.38. The van der Waals surface area contributed by atoms with E-state index in [0.717, 1.165) is 25.2 Å². The van der Waals surface area contributed by atoms with Crippen LogP contribution in [0.25, 0.3) is 0 Å². The van der Waals surface area contributed by atoms with E-state index in [1.165, 1.54) is 31.4 Å². The lowest BCUT2D eigenvalue weighted by Crippen LogP contribution is -2.44. The summed E-state index contributed by atoms with van der Waals surface area (Å²) < 4.78 is 13.1. The largest absolute Gasteiger partial charge is 0.318 e. The average Bonchev–Trinajstić information content (AvgIpc) is 2.43. The monoisotopic (exact) mass is 261 g/mol. The SMILES string of the molecule is CNCC1CCCCN1Cc1ccc(F)cc1C#N. The second-order valence-corrected chi connectivity index (χ2v) is 5.09. The van der Waals surface area contributed by atoms with Gasteiger partial charge in [-0.1, -0.05) is 12.5 Å². The van der Waals surface area contributed by atoms with Crippen molar-refractivity contribution < 1.29 is 4.39 Å². The van der Waals surface area contributed by atoms with Gasteiger partial charge in [0.25, 0.3) is 0 Å². The van der Waals surface area contributed by atoms with Gasteiger partial charge in [-0.2, -0.15) is 5.26 Å². The van der Waals surface area contributed by atoms with Crippen molar-refractivity contribution in [3.63, 3.8) is 0 Å². The van der Waals surface area contributed by atoms with Crippen LogP contribution >= 0.6 is 0 Å². The lowest BCUT2D eigenvalue weighted by molar-refractivity contribution is 0.139. The first-order chi connectivity index (χ1) is 9.24. The molecule has 2 rings (SSSR count). The lowest BCUT2D eigenvalue weighted by atomic mass is 10.00. The molecule has 0 amide bonds. The number of likely N-dealkylation sites (N-methyl/N-ethyl adjacent to an activating group) is 1. The summed E-state index contributed by atoms with van der Waals surface area (Å²) in [6.07, 6.45) is 3.64. The van der Waals surface area contributed by atoms with E-state index in [9.17, 15) is 4.39 Å². The Balaban J connectivity index is 2.12. The van der Waals surface area contributed by atoms with Gasteiger partial charge in [-0.05, 0) is 44.1 Å². The third-order valence-electron chi connectivity index (χ3n) is 3.75. The van der Waals surface area contributed by atoms with Crippen LogP contribution in [0.5, 0.6) is 0 Å². The molecule has 0 spiro atoms. The van der Waals surface area contributed by atoms with E-state index in [0.29, 0.717) is 11.6 Å². The molecule has 1 heterocycles. The summed E-state index contributed by atoms with van der Waals surface area (Å²) in [6.45, 7) is 2.74. The molecule has 1 saturated heterocycles. The zero-order valence-electron chi connectivity index (χ0n) is 11.3. The van der Waals surface area contributed by atoms with Gasteiger partial charge in [0.15, 0.2) is 0 Å². The Hall–Kier alpha value is -1.44. The Morgan fingerprint density at radius 3 is 3.05 bits per heavy atom. The number of halogens is 1.